The van der Waals surface area contributed by atoms with Crippen LogP contribution in [0.1, 0.15) is 17.7 Å². The molecule has 32 heavy (non-hydrogen) atoms. The molecule has 0 unspecified atom stereocenters. The van der Waals surface area contributed by atoms with E-state index < -0.39 is 10.0 Å². The first-order chi connectivity index (χ1) is 15.4. The van der Waals surface area contributed by atoms with Gasteiger partial charge in [-0.25, -0.2) is 23.4 Å². The lowest BCUT2D eigenvalue weighted by Gasteiger charge is -2.27. The number of hydrogen-bond donors (Lipinski definition) is 1. The minimum atomic E-state index is -3.47. The van der Waals surface area contributed by atoms with Crippen LogP contribution in [0.25, 0.3) is 21.5 Å². The fraction of sp³-hybridized carbons (Fsp3) is 0.450. The van der Waals surface area contributed by atoms with E-state index in [9.17, 15) is 8.42 Å². The standard InChI is InChI=1S/C20H22BrN5O4S2/c1-11-15(21)17-18(31-11)16(23-20(24-17)26-5-7-30-8-6-26)12-9-14(19(29-2)22-10-12)25-32(27,28)13-3-4-13/h9-10,13,25H,3-8H2,1-2H3. The maximum Gasteiger partial charge on any atom is 0.238 e. The Kier molecular flexibility index (Phi) is 5.72. The van der Waals surface area contributed by atoms with Crippen molar-refractivity contribution in [1.29, 1.82) is 0 Å². The number of sulfonamides is 1. The van der Waals surface area contributed by atoms with Gasteiger partial charge in [-0.1, -0.05) is 0 Å². The van der Waals surface area contributed by atoms with E-state index in [-0.39, 0.29) is 11.1 Å². The van der Waals surface area contributed by atoms with Crippen LogP contribution < -0.4 is 14.4 Å². The predicted molar refractivity (Wildman–Crippen MR) is 128 cm³/mol. The molecule has 0 radical (unpaired) electrons. The number of ether oxygens (including phenoxy) is 2. The van der Waals surface area contributed by atoms with Crippen LogP contribution in [0.5, 0.6) is 5.88 Å². The average Bonchev–Trinajstić information content (AvgIpc) is 3.61. The molecule has 4 heterocycles. The van der Waals surface area contributed by atoms with Gasteiger partial charge in [-0.2, -0.15) is 0 Å². The van der Waals surface area contributed by atoms with Crippen LogP contribution in [0.2, 0.25) is 0 Å². The number of anilines is 2. The first-order valence-electron chi connectivity index (χ1n) is 10.2. The van der Waals surface area contributed by atoms with Gasteiger partial charge in [0.2, 0.25) is 21.9 Å². The van der Waals surface area contributed by atoms with E-state index in [1.165, 1.54) is 7.11 Å². The SMILES string of the molecule is COc1ncc(-c2nc(N3CCOCC3)nc3c(Br)c(C)sc23)cc1NS(=O)(=O)C1CC1. The third kappa shape index (κ3) is 4.04. The van der Waals surface area contributed by atoms with Crippen molar-refractivity contribution in [3.8, 4) is 17.1 Å². The molecule has 0 atom stereocenters. The van der Waals surface area contributed by atoms with Gasteiger partial charge in [0.1, 0.15) is 11.2 Å². The average molecular weight is 540 g/mol. The fourth-order valence-corrected chi connectivity index (χ4v) is 6.62. The van der Waals surface area contributed by atoms with E-state index in [0.717, 1.165) is 19.6 Å². The van der Waals surface area contributed by atoms with E-state index in [0.29, 0.717) is 62.0 Å². The first kappa shape index (κ1) is 21.8. The minimum absolute atomic E-state index is 0.222. The van der Waals surface area contributed by atoms with E-state index in [2.05, 4.69) is 30.5 Å². The summed E-state index contributed by atoms with van der Waals surface area (Å²) in [4.78, 5) is 17.3. The molecule has 0 amide bonds. The predicted octanol–water partition coefficient (Wildman–Crippen LogP) is 3.57. The number of pyridine rings is 1. The van der Waals surface area contributed by atoms with Crippen molar-refractivity contribution in [2.24, 2.45) is 0 Å². The van der Waals surface area contributed by atoms with E-state index >= 15 is 0 Å². The third-order valence-corrected chi connectivity index (χ3v) is 9.64. The number of thiophene rings is 1. The van der Waals surface area contributed by atoms with Crippen LogP contribution in [0, 0.1) is 6.92 Å². The highest BCUT2D eigenvalue weighted by molar-refractivity contribution is 9.10. The Hall–Kier alpha value is -2.02. The second-order valence-electron chi connectivity index (χ2n) is 7.75. The van der Waals surface area contributed by atoms with Gasteiger partial charge in [-0.15, -0.1) is 11.3 Å². The zero-order chi connectivity index (χ0) is 22.5. The van der Waals surface area contributed by atoms with Gasteiger partial charge in [0.25, 0.3) is 0 Å². The molecule has 3 aromatic heterocycles. The summed E-state index contributed by atoms with van der Waals surface area (Å²) >= 11 is 5.25. The van der Waals surface area contributed by atoms with Gasteiger partial charge in [0.15, 0.2) is 0 Å². The number of aryl methyl sites for hydroxylation is 1. The summed E-state index contributed by atoms with van der Waals surface area (Å²) in [6, 6.07) is 1.74. The molecule has 2 fully saturated rings. The van der Waals surface area contributed by atoms with E-state index in [1.807, 2.05) is 6.92 Å². The van der Waals surface area contributed by atoms with Crippen molar-refractivity contribution in [3.63, 3.8) is 0 Å². The molecule has 0 bridgehead atoms. The largest absolute Gasteiger partial charge is 0.480 e. The number of rotatable bonds is 6. The molecule has 1 saturated carbocycles. The van der Waals surface area contributed by atoms with Gasteiger partial charge in [-0.3, -0.25) is 4.72 Å². The molecular weight excluding hydrogens is 518 g/mol. The number of nitrogens with one attached hydrogen (secondary N) is 1. The minimum Gasteiger partial charge on any atom is -0.480 e. The van der Waals surface area contributed by atoms with Crippen LogP contribution in [0.15, 0.2) is 16.7 Å². The summed E-state index contributed by atoms with van der Waals surface area (Å²) in [5.41, 5.74) is 2.53. The molecule has 5 rings (SSSR count). The smallest absolute Gasteiger partial charge is 0.238 e. The van der Waals surface area contributed by atoms with Gasteiger partial charge < -0.3 is 14.4 Å². The molecule has 2 aliphatic rings. The molecule has 12 heteroatoms. The zero-order valence-electron chi connectivity index (χ0n) is 17.6. The third-order valence-electron chi connectivity index (χ3n) is 5.45. The summed E-state index contributed by atoms with van der Waals surface area (Å²) in [6.45, 7) is 4.68. The van der Waals surface area contributed by atoms with Crippen molar-refractivity contribution < 1.29 is 17.9 Å². The van der Waals surface area contributed by atoms with Crippen LogP contribution >= 0.6 is 27.3 Å². The Bertz CT molecular complexity index is 1290. The van der Waals surface area contributed by atoms with Gasteiger partial charge in [-0.05, 0) is 41.8 Å². The number of morpholine rings is 1. The molecule has 1 aliphatic heterocycles. The van der Waals surface area contributed by atoms with Crippen LogP contribution in [-0.2, 0) is 14.8 Å². The highest BCUT2D eigenvalue weighted by atomic mass is 79.9. The Morgan fingerprint density at radius 1 is 1.28 bits per heavy atom. The van der Waals surface area contributed by atoms with Crippen molar-refractivity contribution >= 4 is 59.1 Å². The van der Waals surface area contributed by atoms with Gasteiger partial charge in [0, 0.05) is 29.7 Å². The Balaban J connectivity index is 1.64. The Labute approximate surface area is 198 Å². The number of halogens is 1. The van der Waals surface area contributed by atoms with Gasteiger partial charge in [0.05, 0.1) is 40.4 Å². The molecule has 1 aliphatic carbocycles. The highest BCUT2D eigenvalue weighted by Crippen LogP contribution is 2.41. The quantitative estimate of drug-likeness (QED) is 0.506. The highest BCUT2D eigenvalue weighted by Gasteiger charge is 2.36. The summed E-state index contributed by atoms with van der Waals surface area (Å²) in [7, 11) is -2.00. The number of methoxy groups -OCH3 is 1. The molecule has 0 aromatic carbocycles. The molecule has 9 nitrogen and oxygen atoms in total. The lowest BCUT2D eigenvalue weighted by Crippen LogP contribution is -2.37. The maximum atomic E-state index is 12.6. The molecule has 1 saturated heterocycles. The zero-order valence-corrected chi connectivity index (χ0v) is 20.8. The summed E-state index contributed by atoms with van der Waals surface area (Å²) in [5, 5.41) is -0.356. The van der Waals surface area contributed by atoms with Crippen LogP contribution in [-0.4, -0.2) is 62.0 Å². The fourth-order valence-electron chi connectivity index (χ4n) is 3.58. The molecule has 1 N–H and O–H groups in total. The summed E-state index contributed by atoms with van der Waals surface area (Å²) < 4.78 is 40.4. The molecule has 170 valence electrons. The summed E-state index contributed by atoms with van der Waals surface area (Å²) in [5.74, 6) is 0.838. The molecule has 0 spiro atoms. The van der Waals surface area contributed by atoms with Crippen molar-refractivity contribution in [2.75, 3.05) is 43.0 Å². The second-order valence-corrected chi connectivity index (χ2v) is 11.7. The number of nitrogens with zero attached hydrogens (tertiary/aromatic N) is 4. The summed E-state index contributed by atoms with van der Waals surface area (Å²) in [6.07, 6.45) is 2.99. The van der Waals surface area contributed by atoms with E-state index in [1.54, 1.807) is 23.6 Å². The monoisotopic (exact) mass is 539 g/mol. The number of fused-ring (bicyclic) bond motifs is 1. The number of hydrogen-bond acceptors (Lipinski definition) is 9. The van der Waals surface area contributed by atoms with Crippen molar-refractivity contribution in [2.45, 2.75) is 25.0 Å². The van der Waals surface area contributed by atoms with Crippen LogP contribution in [0.4, 0.5) is 11.6 Å². The lowest BCUT2D eigenvalue weighted by atomic mass is 10.1. The Morgan fingerprint density at radius 2 is 2.03 bits per heavy atom. The maximum absolute atomic E-state index is 12.6. The molecule has 3 aromatic rings. The Morgan fingerprint density at radius 3 is 2.72 bits per heavy atom. The van der Waals surface area contributed by atoms with Crippen LogP contribution in [0.3, 0.4) is 0 Å². The molecular formula is C20H22BrN5O4S2. The van der Waals surface area contributed by atoms with Gasteiger partial charge >= 0.3 is 0 Å². The van der Waals surface area contributed by atoms with Crippen molar-refractivity contribution in [1.82, 2.24) is 15.0 Å². The lowest BCUT2D eigenvalue weighted by molar-refractivity contribution is 0.122. The van der Waals surface area contributed by atoms with E-state index in [4.69, 9.17) is 19.4 Å². The topological polar surface area (TPSA) is 107 Å². The first-order valence-corrected chi connectivity index (χ1v) is 13.4. The van der Waals surface area contributed by atoms with Crippen molar-refractivity contribution in [3.05, 3.63) is 21.6 Å². The number of aromatic nitrogens is 3. The second kappa shape index (κ2) is 8.40. The normalized spacial score (nSPS) is 17.0.